The second kappa shape index (κ2) is 9.90. The molecule has 2 N–H and O–H groups in total. The number of carboxylic acid groups (broad SMARTS) is 1. The maximum absolute atomic E-state index is 11.7. The molecule has 0 aliphatic heterocycles. The van der Waals surface area contributed by atoms with Crippen molar-refractivity contribution in [3.63, 3.8) is 0 Å². The molecule has 0 atom stereocenters. The van der Waals surface area contributed by atoms with Gasteiger partial charge in [-0.15, -0.1) is 0 Å². The number of hydrogen-bond donors (Lipinski definition) is 2. The number of aliphatic carboxylic acids is 1. The third-order valence-electron chi connectivity index (χ3n) is 4.46. The molecule has 0 radical (unpaired) electrons. The van der Waals surface area contributed by atoms with Crippen LogP contribution in [0.3, 0.4) is 0 Å². The maximum atomic E-state index is 11.7. The summed E-state index contributed by atoms with van der Waals surface area (Å²) in [6, 6.07) is 12.3. The number of rotatable bonds is 9. The number of nitrogens with one attached hydrogen (secondary N) is 1. The zero-order valence-corrected chi connectivity index (χ0v) is 16.9. The van der Waals surface area contributed by atoms with Gasteiger partial charge in [0.1, 0.15) is 18.9 Å². The Hall–Kier alpha value is -2.86. The summed E-state index contributed by atoms with van der Waals surface area (Å²) in [5, 5.41) is 11.0. The molecule has 0 bridgehead atoms. The first-order chi connectivity index (χ1) is 13.3. The van der Waals surface area contributed by atoms with Gasteiger partial charge in [0, 0.05) is 6.54 Å². The smallest absolute Gasteiger partial charge is 0.322 e. The molecule has 2 aromatic carbocycles. The molecular formula is C22H28N2O4. The van der Waals surface area contributed by atoms with Crippen molar-refractivity contribution in [2.75, 3.05) is 20.1 Å². The van der Waals surface area contributed by atoms with Gasteiger partial charge in [0.2, 0.25) is 5.91 Å². The summed E-state index contributed by atoms with van der Waals surface area (Å²) in [5.41, 5.74) is 5.54. The van der Waals surface area contributed by atoms with E-state index in [9.17, 15) is 9.59 Å². The number of carbonyl (C=O) groups excluding carboxylic acids is 1. The van der Waals surface area contributed by atoms with Crippen LogP contribution in [-0.2, 0) is 22.7 Å². The Morgan fingerprint density at radius 3 is 2.32 bits per heavy atom. The van der Waals surface area contributed by atoms with Crippen molar-refractivity contribution in [3.8, 4) is 5.75 Å². The predicted molar refractivity (Wildman–Crippen MR) is 108 cm³/mol. The third kappa shape index (κ3) is 6.39. The molecule has 6 nitrogen and oxygen atoms in total. The van der Waals surface area contributed by atoms with Crippen LogP contribution in [0.25, 0.3) is 0 Å². The van der Waals surface area contributed by atoms with E-state index in [0.717, 1.165) is 28.0 Å². The molecule has 0 saturated heterocycles. The SMILES string of the molecule is Cc1ccccc1COc1c(C)cc(CN(C)CC(=O)NCC(=O)O)cc1C. The highest BCUT2D eigenvalue weighted by molar-refractivity contribution is 5.82. The van der Waals surface area contributed by atoms with Crippen molar-refractivity contribution >= 4 is 11.9 Å². The van der Waals surface area contributed by atoms with E-state index >= 15 is 0 Å². The topological polar surface area (TPSA) is 78.9 Å². The number of hydrogen-bond acceptors (Lipinski definition) is 4. The van der Waals surface area contributed by atoms with Crippen molar-refractivity contribution < 1.29 is 19.4 Å². The Bertz CT molecular complexity index is 825. The van der Waals surface area contributed by atoms with Crippen molar-refractivity contribution in [2.45, 2.75) is 33.9 Å². The minimum Gasteiger partial charge on any atom is -0.488 e. The van der Waals surface area contributed by atoms with Gasteiger partial charge in [-0.1, -0.05) is 36.4 Å². The molecule has 0 aliphatic carbocycles. The van der Waals surface area contributed by atoms with E-state index in [0.29, 0.717) is 13.2 Å². The highest BCUT2D eigenvalue weighted by atomic mass is 16.5. The van der Waals surface area contributed by atoms with Crippen LogP contribution in [0.15, 0.2) is 36.4 Å². The van der Waals surface area contributed by atoms with E-state index in [2.05, 4.69) is 36.5 Å². The van der Waals surface area contributed by atoms with Gasteiger partial charge in [0.05, 0.1) is 6.54 Å². The number of carbonyl (C=O) groups is 2. The molecule has 0 fully saturated rings. The lowest BCUT2D eigenvalue weighted by Gasteiger charge is -2.19. The standard InChI is InChI=1S/C22H28N2O4/c1-15-7-5-6-8-19(15)14-28-22-16(2)9-18(10-17(22)3)12-24(4)13-20(25)23-11-21(26)27/h5-10H,11-14H2,1-4H3,(H,23,25)(H,26,27). The minimum absolute atomic E-state index is 0.136. The van der Waals surface area contributed by atoms with E-state index in [4.69, 9.17) is 9.84 Å². The Kier molecular flexibility index (Phi) is 7.58. The van der Waals surface area contributed by atoms with Crippen LogP contribution < -0.4 is 10.1 Å². The second-order valence-electron chi connectivity index (χ2n) is 7.12. The molecule has 0 heterocycles. The Labute approximate surface area is 166 Å². The van der Waals surface area contributed by atoms with Crippen LogP contribution in [0.5, 0.6) is 5.75 Å². The fourth-order valence-electron chi connectivity index (χ4n) is 3.12. The molecule has 0 unspecified atom stereocenters. The minimum atomic E-state index is -1.05. The van der Waals surface area contributed by atoms with Gasteiger partial charge in [-0.3, -0.25) is 14.5 Å². The Morgan fingerprint density at radius 2 is 1.71 bits per heavy atom. The van der Waals surface area contributed by atoms with Crippen LogP contribution in [0.4, 0.5) is 0 Å². The van der Waals surface area contributed by atoms with E-state index in [1.54, 1.807) is 0 Å². The van der Waals surface area contributed by atoms with Gasteiger partial charge < -0.3 is 15.2 Å². The lowest BCUT2D eigenvalue weighted by molar-refractivity contribution is -0.138. The zero-order chi connectivity index (χ0) is 20.7. The fraction of sp³-hybridized carbons (Fsp3) is 0.364. The number of carboxylic acids is 1. The predicted octanol–water partition coefficient (Wildman–Crippen LogP) is 2.82. The second-order valence-corrected chi connectivity index (χ2v) is 7.12. The van der Waals surface area contributed by atoms with Gasteiger partial charge in [0.15, 0.2) is 0 Å². The molecule has 0 saturated carbocycles. The zero-order valence-electron chi connectivity index (χ0n) is 16.9. The van der Waals surface area contributed by atoms with Crippen molar-refractivity contribution in [2.24, 2.45) is 0 Å². The largest absolute Gasteiger partial charge is 0.488 e. The molecule has 1 amide bonds. The van der Waals surface area contributed by atoms with Crippen LogP contribution in [0.1, 0.15) is 27.8 Å². The number of aryl methyl sites for hydroxylation is 3. The first-order valence-corrected chi connectivity index (χ1v) is 9.20. The molecule has 6 heteroatoms. The highest BCUT2D eigenvalue weighted by Gasteiger charge is 2.12. The van der Waals surface area contributed by atoms with Crippen LogP contribution >= 0.6 is 0 Å². The molecule has 0 spiro atoms. The average Bonchev–Trinajstić information content (AvgIpc) is 2.60. The van der Waals surface area contributed by atoms with Crippen LogP contribution in [-0.4, -0.2) is 42.0 Å². The van der Waals surface area contributed by atoms with Gasteiger partial charge in [-0.05, 0) is 55.6 Å². The van der Waals surface area contributed by atoms with Crippen LogP contribution in [0, 0.1) is 20.8 Å². The number of ether oxygens (including phenoxy) is 1. The summed E-state index contributed by atoms with van der Waals surface area (Å²) in [6.45, 7) is 6.99. The monoisotopic (exact) mass is 384 g/mol. The summed E-state index contributed by atoms with van der Waals surface area (Å²) >= 11 is 0. The van der Waals surface area contributed by atoms with Gasteiger partial charge in [0.25, 0.3) is 0 Å². The summed E-state index contributed by atoms with van der Waals surface area (Å²) in [5.74, 6) is -0.478. The first kappa shape index (κ1) is 21.4. The number of likely N-dealkylation sites (N-methyl/N-ethyl adjacent to an activating group) is 1. The Balaban J connectivity index is 1.98. The lowest BCUT2D eigenvalue weighted by Crippen LogP contribution is -2.37. The number of nitrogens with zero attached hydrogens (tertiary/aromatic N) is 1. The van der Waals surface area contributed by atoms with E-state index in [1.165, 1.54) is 5.56 Å². The van der Waals surface area contributed by atoms with E-state index < -0.39 is 5.97 Å². The number of benzene rings is 2. The van der Waals surface area contributed by atoms with Gasteiger partial charge in [-0.2, -0.15) is 0 Å². The van der Waals surface area contributed by atoms with Gasteiger partial charge in [-0.25, -0.2) is 0 Å². The molecule has 28 heavy (non-hydrogen) atoms. The molecule has 150 valence electrons. The van der Waals surface area contributed by atoms with Crippen molar-refractivity contribution in [1.82, 2.24) is 10.2 Å². The Morgan fingerprint density at radius 1 is 1.07 bits per heavy atom. The van der Waals surface area contributed by atoms with E-state index in [-0.39, 0.29) is 19.0 Å². The molecular weight excluding hydrogens is 356 g/mol. The molecule has 0 aliphatic rings. The first-order valence-electron chi connectivity index (χ1n) is 9.20. The fourth-order valence-corrected chi connectivity index (χ4v) is 3.12. The summed E-state index contributed by atoms with van der Waals surface area (Å²) in [7, 11) is 1.83. The van der Waals surface area contributed by atoms with Crippen molar-refractivity contribution in [3.05, 3.63) is 64.2 Å². The quantitative estimate of drug-likeness (QED) is 0.695. The summed E-state index contributed by atoms with van der Waals surface area (Å²) in [6.07, 6.45) is 0. The molecule has 2 aromatic rings. The summed E-state index contributed by atoms with van der Waals surface area (Å²) < 4.78 is 6.08. The highest BCUT2D eigenvalue weighted by Crippen LogP contribution is 2.26. The molecule has 2 rings (SSSR count). The third-order valence-corrected chi connectivity index (χ3v) is 4.46. The van der Waals surface area contributed by atoms with Gasteiger partial charge >= 0.3 is 5.97 Å². The normalized spacial score (nSPS) is 10.8. The summed E-state index contributed by atoms with van der Waals surface area (Å²) in [4.78, 5) is 24.1. The average molecular weight is 384 g/mol. The number of amides is 1. The molecule has 0 aromatic heterocycles. The lowest BCUT2D eigenvalue weighted by atomic mass is 10.0. The maximum Gasteiger partial charge on any atom is 0.322 e. The van der Waals surface area contributed by atoms with Crippen LogP contribution in [0.2, 0.25) is 0 Å². The van der Waals surface area contributed by atoms with E-state index in [1.807, 2.05) is 37.9 Å². The van der Waals surface area contributed by atoms with Crippen molar-refractivity contribution in [1.29, 1.82) is 0 Å².